The van der Waals surface area contributed by atoms with Crippen LogP contribution in [0, 0.1) is 10.1 Å². The molecule has 0 aliphatic rings. The van der Waals surface area contributed by atoms with Gasteiger partial charge in [-0.15, -0.1) is 13.2 Å². The molecule has 0 atom stereocenters. The van der Waals surface area contributed by atoms with Gasteiger partial charge in [-0.25, -0.2) is 0 Å². The number of benzene rings is 1. The fraction of sp³-hybridized carbons (Fsp3) is 0.111. The van der Waals surface area contributed by atoms with E-state index >= 15 is 0 Å². The molecule has 0 saturated carbocycles. The molecule has 12 heteroatoms. The Balaban J connectivity index is 3.24. The zero-order valence-corrected chi connectivity index (χ0v) is 10.7. The Morgan fingerprint density at radius 1 is 1.57 bits per heavy atom. The molecule has 1 aromatic rings. The second-order valence-corrected chi connectivity index (χ2v) is 3.86. The van der Waals surface area contributed by atoms with Gasteiger partial charge in [0.25, 0.3) is 0 Å². The molecule has 0 bridgehead atoms. The van der Waals surface area contributed by atoms with Gasteiger partial charge in [0.2, 0.25) is 5.75 Å². The summed E-state index contributed by atoms with van der Waals surface area (Å²) in [6, 6.07) is 1.14. The minimum Gasteiger partial charge on any atom is -0.502 e. The molecule has 114 valence electrons. The highest BCUT2D eigenvalue weighted by molar-refractivity contribution is 7.80. The molecular weight excluding hydrogens is 317 g/mol. The smallest absolute Gasteiger partial charge is 0.502 e. The molecule has 4 N–H and O–H groups in total. The third kappa shape index (κ3) is 5.10. The number of halogens is 3. The Kier molecular flexibility index (Phi) is 4.86. The number of nitro groups is 1. The maximum atomic E-state index is 12.1. The fourth-order valence-corrected chi connectivity index (χ4v) is 1.26. The molecule has 21 heavy (non-hydrogen) atoms. The summed E-state index contributed by atoms with van der Waals surface area (Å²) >= 11 is 4.42. The van der Waals surface area contributed by atoms with E-state index < -0.39 is 34.0 Å². The number of alkyl halides is 3. The van der Waals surface area contributed by atoms with Gasteiger partial charge in [-0.2, -0.15) is 5.10 Å². The van der Waals surface area contributed by atoms with Crippen molar-refractivity contribution >= 4 is 29.2 Å². The number of nitrogens with two attached hydrogens (primary N) is 1. The lowest BCUT2D eigenvalue weighted by atomic mass is 10.1. The van der Waals surface area contributed by atoms with E-state index in [1.165, 1.54) is 0 Å². The first kappa shape index (κ1) is 16.4. The predicted octanol–water partition coefficient (Wildman–Crippen LogP) is 1.37. The number of nitro benzene ring substituents is 1. The van der Waals surface area contributed by atoms with Crippen LogP contribution in [-0.4, -0.2) is 27.7 Å². The minimum atomic E-state index is -5.05. The highest BCUT2D eigenvalue weighted by Crippen LogP contribution is 2.35. The number of hydrazone groups is 1. The summed E-state index contributed by atoms with van der Waals surface area (Å²) in [6.07, 6.45) is -4.25. The van der Waals surface area contributed by atoms with Crippen LogP contribution in [0.15, 0.2) is 17.2 Å². The van der Waals surface area contributed by atoms with Crippen molar-refractivity contribution in [1.29, 1.82) is 0 Å². The number of phenolic OH excluding ortho intramolecular Hbond substituents is 1. The van der Waals surface area contributed by atoms with Crippen LogP contribution in [0.5, 0.6) is 11.5 Å². The Labute approximate surface area is 120 Å². The molecule has 0 spiro atoms. The summed E-state index contributed by atoms with van der Waals surface area (Å²) in [5.74, 6) is -1.77. The normalized spacial score (nSPS) is 11.4. The topological polar surface area (TPSA) is 123 Å². The molecular formula is C9H7F3N4O4S. The van der Waals surface area contributed by atoms with Crippen LogP contribution in [-0.2, 0) is 0 Å². The molecule has 8 nitrogen and oxygen atoms in total. The number of nitrogens with zero attached hydrogens (tertiary/aromatic N) is 2. The first-order chi connectivity index (χ1) is 9.60. The van der Waals surface area contributed by atoms with E-state index in [-0.39, 0.29) is 5.11 Å². The van der Waals surface area contributed by atoms with E-state index in [4.69, 9.17) is 5.73 Å². The second kappa shape index (κ2) is 6.21. The van der Waals surface area contributed by atoms with Gasteiger partial charge in [-0.1, -0.05) is 0 Å². The van der Waals surface area contributed by atoms with Gasteiger partial charge in [0.15, 0.2) is 5.11 Å². The summed E-state index contributed by atoms with van der Waals surface area (Å²) in [7, 11) is 0. The molecule has 0 unspecified atom stereocenters. The van der Waals surface area contributed by atoms with Crippen molar-refractivity contribution in [1.82, 2.24) is 5.43 Å². The summed E-state index contributed by atoms with van der Waals surface area (Å²) in [5, 5.41) is 23.4. The van der Waals surface area contributed by atoms with Crippen molar-refractivity contribution in [2.75, 3.05) is 0 Å². The first-order valence-corrected chi connectivity index (χ1v) is 5.36. The number of hydrogen-bond donors (Lipinski definition) is 3. The van der Waals surface area contributed by atoms with Crippen LogP contribution < -0.4 is 15.9 Å². The Morgan fingerprint density at radius 3 is 2.67 bits per heavy atom. The number of hydrogen-bond acceptors (Lipinski definition) is 6. The zero-order chi connectivity index (χ0) is 16.2. The lowest BCUT2D eigenvalue weighted by Gasteiger charge is -2.10. The molecule has 0 heterocycles. The zero-order valence-electron chi connectivity index (χ0n) is 9.92. The molecule has 0 amide bonds. The fourth-order valence-electron chi connectivity index (χ4n) is 1.21. The quantitative estimate of drug-likeness (QED) is 0.331. The van der Waals surface area contributed by atoms with Gasteiger partial charge in [0.05, 0.1) is 17.2 Å². The third-order valence-corrected chi connectivity index (χ3v) is 1.99. The van der Waals surface area contributed by atoms with Crippen molar-refractivity contribution < 1.29 is 27.9 Å². The molecule has 0 aromatic heterocycles. The number of aromatic hydroxyl groups is 1. The Bertz CT molecular complexity index is 605. The molecule has 0 radical (unpaired) electrons. The van der Waals surface area contributed by atoms with E-state index in [1.807, 2.05) is 0 Å². The summed E-state index contributed by atoms with van der Waals surface area (Å²) < 4.78 is 40.0. The molecule has 0 aliphatic heterocycles. The second-order valence-electron chi connectivity index (χ2n) is 3.42. The minimum absolute atomic E-state index is 0.247. The summed E-state index contributed by atoms with van der Waals surface area (Å²) in [6.45, 7) is 0. The average molecular weight is 324 g/mol. The number of phenols is 1. The SMILES string of the molecule is NC(=S)NN=Cc1cc(OC(F)(F)F)cc([N+](=O)[O-])c1O. The maximum absolute atomic E-state index is 12.1. The summed E-state index contributed by atoms with van der Waals surface area (Å²) in [5.41, 5.74) is 5.75. The van der Waals surface area contributed by atoms with Gasteiger partial charge < -0.3 is 15.6 Å². The molecule has 0 fully saturated rings. The van der Waals surface area contributed by atoms with E-state index in [9.17, 15) is 28.4 Å². The van der Waals surface area contributed by atoms with Crippen molar-refractivity contribution in [2.24, 2.45) is 10.8 Å². The first-order valence-electron chi connectivity index (χ1n) is 4.96. The largest absolute Gasteiger partial charge is 0.573 e. The van der Waals surface area contributed by atoms with E-state index in [0.717, 1.165) is 6.21 Å². The van der Waals surface area contributed by atoms with Crippen LogP contribution in [0.1, 0.15) is 5.56 Å². The third-order valence-electron chi connectivity index (χ3n) is 1.90. The van der Waals surface area contributed by atoms with Crippen molar-refractivity contribution in [3.63, 3.8) is 0 Å². The lowest BCUT2D eigenvalue weighted by Crippen LogP contribution is -2.24. The van der Waals surface area contributed by atoms with Crippen LogP contribution in [0.25, 0.3) is 0 Å². The average Bonchev–Trinajstić information content (AvgIpc) is 2.30. The molecule has 1 rings (SSSR count). The molecule has 1 aromatic carbocycles. The van der Waals surface area contributed by atoms with Crippen molar-refractivity contribution in [3.8, 4) is 11.5 Å². The lowest BCUT2D eigenvalue weighted by molar-refractivity contribution is -0.386. The Hall–Kier alpha value is -2.63. The van der Waals surface area contributed by atoms with Crippen LogP contribution in [0.3, 0.4) is 0 Å². The standard InChI is InChI=1S/C9H7F3N4O4S/c10-9(11,12)20-5-1-4(3-14-15-8(13)21)7(17)6(2-5)16(18)19/h1-3,17H,(H3,13,15,21). The van der Waals surface area contributed by atoms with Gasteiger partial charge in [0, 0.05) is 5.56 Å². The van der Waals surface area contributed by atoms with Gasteiger partial charge >= 0.3 is 12.0 Å². The van der Waals surface area contributed by atoms with Crippen LogP contribution in [0.4, 0.5) is 18.9 Å². The summed E-state index contributed by atoms with van der Waals surface area (Å²) in [4.78, 5) is 9.61. The molecule has 0 saturated heterocycles. The van der Waals surface area contributed by atoms with Gasteiger partial charge in [-0.3, -0.25) is 15.5 Å². The van der Waals surface area contributed by atoms with Crippen molar-refractivity contribution in [2.45, 2.75) is 6.36 Å². The number of thiocarbonyl (C=S) groups is 1. The predicted molar refractivity (Wildman–Crippen MR) is 69.0 cm³/mol. The van der Waals surface area contributed by atoms with Crippen LogP contribution in [0.2, 0.25) is 0 Å². The number of ether oxygens (including phenoxy) is 1. The van der Waals surface area contributed by atoms with Gasteiger partial charge in [-0.05, 0) is 18.3 Å². The van der Waals surface area contributed by atoms with Gasteiger partial charge in [0.1, 0.15) is 5.75 Å². The van der Waals surface area contributed by atoms with Crippen molar-refractivity contribution in [3.05, 3.63) is 27.8 Å². The monoisotopic (exact) mass is 324 g/mol. The highest BCUT2D eigenvalue weighted by atomic mass is 32.1. The number of nitrogens with one attached hydrogen (secondary N) is 1. The Morgan fingerprint density at radius 2 is 2.19 bits per heavy atom. The van der Waals surface area contributed by atoms with Crippen LogP contribution >= 0.6 is 12.2 Å². The van der Waals surface area contributed by atoms with E-state index in [0.29, 0.717) is 12.1 Å². The highest BCUT2D eigenvalue weighted by Gasteiger charge is 2.32. The van der Waals surface area contributed by atoms with E-state index in [1.54, 1.807) is 0 Å². The number of rotatable bonds is 4. The maximum Gasteiger partial charge on any atom is 0.573 e. The van der Waals surface area contributed by atoms with E-state index in [2.05, 4.69) is 27.5 Å². The molecule has 0 aliphatic carbocycles.